The van der Waals surface area contributed by atoms with Crippen LogP contribution in [0.5, 0.6) is 0 Å². The summed E-state index contributed by atoms with van der Waals surface area (Å²) in [5, 5.41) is 0.432. The quantitative estimate of drug-likeness (QED) is 0.295. The summed E-state index contributed by atoms with van der Waals surface area (Å²) in [6, 6.07) is 24.4. The Morgan fingerprint density at radius 1 is 0.943 bits per heavy atom. The third-order valence-electron chi connectivity index (χ3n) is 6.53. The molecule has 35 heavy (non-hydrogen) atoms. The molecular weight excluding hydrogens is 480 g/mol. The van der Waals surface area contributed by atoms with Crippen LogP contribution in [0.4, 0.5) is 5.88 Å². The fraction of sp³-hybridized carbons (Fsp3) is 0.250. The summed E-state index contributed by atoms with van der Waals surface area (Å²) in [5.74, 6) is 1.16. The van der Waals surface area contributed by atoms with Crippen molar-refractivity contribution in [3.8, 4) is 11.5 Å². The van der Waals surface area contributed by atoms with Crippen LogP contribution in [-0.2, 0) is 16.3 Å². The third kappa shape index (κ3) is 5.14. The molecule has 0 unspecified atom stereocenters. The predicted octanol–water partition coefficient (Wildman–Crippen LogP) is 6.60. The first-order valence-electron chi connectivity index (χ1n) is 11.8. The van der Waals surface area contributed by atoms with E-state index >= 15 is 0 Å². The molecule has 3 aromatic carbocycles. The Hall–Kier alpha value is -3.09. The predicted molar refractivity (Wildman–Crippen MR) is 139 cm³/mol. The molecule has 1 saturated heterocycles. The molecule has 0 atom stereocenters. The van der Waals surface area contributed by atoms with Gasteiger partial charge in [0.1, 0.15) is 0 Å². The van der Waals surface area contributed by atoms with Gasteiger partial charge in [-0.1, -0.05) is 59.6 Å². The van der Waals surface area contributed by atoms with Crippen molar-refractivity contribution in [1.29, 1.82) is 0 Å². The molecule has 0 amide bonds. The average Bonchev–Trinajstić information content (AvgIpc) is 3.32. The number of hydrogen-bond donors (Lipinski definition) is 0. The Labute approximate surface area is 211 Å². The van der Waals surface area contributed by atoms with E-state index in [1.54, 1.807) is 12.1 Å². The molecule has 7 heteroatoms. The summed E-state index contributed by atoms with van der Waals surface area (Å²) < 4.78 is 33.4. The lowest BCUT2D eigenvalue weighted by molar-refractivity contribution is 0.387. The Morgan fingerprint density at radius 3 is 2.26 bits per heavy atom. The van der Waals surface area contributed by atoms with Crippen molar-refractivity contribution in [2.24, 2.45) is 5.92 Å². The molecule has 1 aromatic heterocycles. The monoisotopic (exact) mass is 506 g/mol. The number of benzene rings is 3. The van der Waals surface area contributed by atoms with E-state index in [1.165, 1.54) is 17.7 Å². The van der Waals surface area contributed by atoms with E-state index in [4.69, 9.17) is 16.0 Å². The second-order valence-electron chi connectivity index (χ2n) is 9.07. The van der Waals surface area contributed by atoms with Crippen molar-refractivity contribution in [1.82, 2.24) is 4.98 Å². The van der Waals surface area contributed by atoms with E-state index in [0.29, 0.717) is 35.8 Å². The molecule has 0 bridgehead atoms. The van der Waals surface area contributed by atoms with Crippen LogP contribution < -0.4 is 4.90 Å². The van der Waals surface area contributed by atoms with E-state index in [2.05, 4.69) is 29.2 Å². The van der Waals surface area contributed by atoms with Crippen molar-refractivity contribution in [3.05, 3.63) is 95.0 Å². The summed E-state index contributed by atoms with van der Waals surface area (Å²) in [4.78, 5) is 6.68. The molecule has 5 nitrogen and oxygen atoms in total. The summed E-state index contributed by atoms with van der Waals surface area (Å²) in [6.45, 7) is 3.42. The lowest BCUT2D eigenvalue weighted by atomic mass is 9.90. The maximum Gasteiger partial charge on any atom is 0.236 e. The average molecular weight is 507 g/mol. The van der Waals surface area contributed by atoms with Crippen LogP contribution in [0.3, 0.4) is 0 Å². The first kappa shape index (κ1) is 23.6. The smallest absolute Gasteiger partial charge is 0.236 e. The standard InChI is InChI=1S/C28H27ClN2O3S/c1-20-7-9-23(10-8-20)26-30-27(35(32,33)25-13-11-24(29)12-14-25)28(34-26)31-17-15-22(16-18-31)19-21-5-3-2-4-6-21/h2-14,22H,15-19H2,1H3. The van der Waals surface area contributed by atoms with Gasteiger partial charge in [-0.25, -0.2) is 8.42 Å². The van der Waals surface area contributed by atoms with Gasteiger partial charge in [0.15, 0.2) is 0 Å². The molecule has 1 fully saturated rings. The number of oxazole rings is 1. The van der Waals surface area contributed by atoms with Gasteiger partial charge in [0.25, 0.3) is 0 Å². The molecule has 1 aliphatic rings. The summed E-state index contributed by atoms with van der Waals surface area (Å²) in [6.07, 6.45) is 2.93. The molecule has 5 rings (SSSR count). The Balaban J connectivity index is 1.46. The minimum Gasteiger partial charge on any atom is -0.419 e. The number of aryl methyl sites for hydroxylation is 1. The summed E-state index contributed by atoms with van der Waals surface area (Å²) >= 11 is 5.99. The van der Waals surface area contributed by atoms with Gasteiger partial charge >= 0.3 is 0 Å². The molecular formula is C28H27ClN2O3S. The van der Waals surface area contributed by atoms with Gasteiger partial charge in [-0.2, -0.15) is 4.98 Å². The number of hydrogen-bond acceptors (Lipinski definition) is 5. The molecule has 1 aliphatic heterocycles. The number of rotatable bonds is 6. The van der Waals surface area contributed by atoms with Crippen molar-refractivity contribution < 1.29 is 12.8 Å². The van der Waals surface area contributed by atoms with E-state index < -0.39 is 9.84 Å². The van der Waals surface area contributed by atoms with Gasteiger partial charge in [0.05, 0.1) is 4.90 Å². The van der Waals surface area contributed by atoms with Crippen LogP contribution in [0.25, 0.3) is 11.5 Å². The first-order chi connectivity index (χ1) is 16.9. The SMILES string of the molecule is Cc1ccc(-c2nc(S(=O)(=O)c3ccc(Cl)cc3)c(N3CCC(Cc4ccccc4)CC3)o2)cc1. The highest BCUT2D eigenvalue weighted by molar-refractivity contribution is 7.91. The van der Waals surface area contributed by atoms with E-state index in [1.807, 2.05) is 42.2 Å². The van der Waals surface area contributed by atoms with Gasteiger partial charge in [-0.15, -0.1) is 0 Å². The van der Waals surface area contributed by atoms with E-state index in [9.17, 15) is 8.42 Å². The lowest BCUT2D eigenvalue weighted by Gasteiger charge is -2.32. The fourth-order valence-corrected chi connectivity index (χ4v) is 5.95. The molecule has 0 radical (unpaired) electrons. The highest BCUT2D eigenvalue weighted by Crippen LogP contribution is 2.37. The van der Waals surface area contributed by atoms with Crippen molar-refractivity contribution in [3.63, 3.8) is 0 Å². The second kappa shape index (κ2) is 9.88. The summed E-state index contributed by atoms with van der Waals surface area (Å²) in [7, 11) is -3.90. The molecule has 0 spiro atoms. The zero-order valence-corrected chi connectivity index (χ0v) is 21.1. The Bertz CT molecular complexity index is 1390. The van der Waals surface area contributed by atoms with Crippen molar-refractivity contribution >= 4 is 27.3 Å². The molecule has 0 N–H and O–H groups in total. The number of halogens is 1. The maximum absolute atomic E-state index is 13.6. The third-order valence-corrected chi connectivity index (χ3v) is 8.45. The Morgan fingerprint density at radius 2 is 1.60 bits per heavy atom. The number of piperidine rings is 1. The van der Waals surface area contributed by atoms with Gasteiger partial charge in [-0.3, -0.25) is 0 Å². The van der Waals surface area contributed by atoms with E-state index in [-0.39, 0.29) is 9.92 Å². The first-order valence-corrected chi connectivity index (χ1v) is 13.6. The van der Waals surface area contributed by atoms with Gasteiger partial charge in [-0.05, 0) is 74.1 Å². The zero-order valence-electron chi connectivity index (χ0n) is 19.5. The van der Waals surface area contributed by atoms with Gasteiger partial charge in [0, 0.05) is 23.7 Å². The minimum atomic E-state index is -3.90. The topological polar surface area (TPSA) is 63.4 Å². The van der Waals surface area contributed by atoms with Crippen molar-refractivity contribution in [2.75, 3.05) is 18.0 Å². The van der Waals surface area contributed by atoms with Gasteiger partial charge in [0.2, 0.25) is 26.6 Å². The highest BCUT2D eigenvalue weighted by Gasteiger charge is 2.33. The lowest BCUT2D eigenvalue weighted by Crippen LogP contribution is -2.34. The Kier molecular flexibility index (Phi) is 6.67. The van der Waals surface area contributed by atoms with Crippen LogP contribution >= 0.6 is 11.6 Å². The molecule has 180 valence electrons. The number of sulfone groups is 1. The van der Waals surface area contributed by atoms with Crippen LogP contribution in [-0.4, -0.2) is 26.5 Å². The largest absolute Gasteiger partial charge is 0.419 e. The van der Waals surface area contributed by atoms with Crippen LogP contribution in [0.1, 0.15) is 24.0 Å². The fourth-order valence-electron chi connectivity index (χ4n) is 4.51. The number of nitrogens with zero attached hydrogens (tertiary/aromatic N) is 2. The van der Waals surface area contributed by atoms with Crippen LogP contribution in [0, 0.1) is 12.8 Å². The zero-order chi connectivity index (χ0) is 24.4. The maximum atomic E-state index is 13.6. The van der Waals surface area contributed by atoms with Crippen LogP contribution in [0.2, 0.25) is 5.02 Å². The number of aromatic nitrogens is 1. The normalized spacial score (nSPS) is 14.9. The molecule has 2 heterocycles. The molecule has 4 aromatic rings. The second-order valence-corrected chi connectivity index (χ2v) is 11.4. The number of anilines is 1. The van der Waals surface area contributed by atoms with Crippen molar-refractivity contribution in [2.45, 2.75) is 36.1 Å². The van der Waals surface area contributed by atoms with Crippen LogP contribution in [0.15, 0.2) is 93.2 Å². The molecule has 0 aliphatic carbocycles. The minimum absolute atomic E-state index is 0.0445. The van der Waals surface area contributed by atoms with E-state index in [0.717, 1.165) is 30.4 Å². The van der Waals surface area contributed by atoms with Gasteiger partial charge < -0.3 is 9.32 Å². The molecule has 0 saturated carbocycles. The summed E-state index contributed by atoms with van der Waals surface area (Å²) in [5.41, 5.74) is 3.18. The highest BCUT2D eigenvalue weighted by atomic mass is 35.5.